The number of imidazole rings is 2. The van der Waals surface area contributed by atoms with Gasteiger partial charge in [-0.25, -0.2) is 24.9 Å². The van der Waals surface area contributed by atoms with E-state index in [1.54, 1.807) is 6.33 Å². The van der Waals surface area contributed by atoms with Crippen LogP contribution in [0.15, 0.2) is 115 Å². The van der Waals surface area contributed by atoms with E-state index in [-0.39, 0.29) is 19.1 Å². The smallest absolute Gasteiger partial charge is 0.231 e. The topological polar surface area (TPSA) is 183 Å². The van der Waals surface area contributed by atoms with Crippen molar-refractivity contribution >= 4 is 94.9 Å². The normalized spacial score (nSPS) is 12.5. The van der Waals surface area contributed by atoms with Crippen LogP contribution in [0.4, 0.5) is 17.2 Å². The summed E-state index contributed by atoms with van der Waals surface area (Å²) in [6.07, 6.45) is 4.84. The third-order valence-electron chi connectivity index (χ3n) is 10.5. The number of halogens is 2. The third kappa shape index (κ3) is 9.31. The van der Waals surface area contributed by atoms with Gasteiger partial charge >= 0.3 is 0 Å². The molecule has 4 aromatic heterocycles. The molecule has 64 heavy (non-hydrogen) atoms. The average Bonchev–Trinajstić information content (AvgIpc) is 4.11. The van der Waals surface area contributed by atoms with Gasteiger partial charge in [-0.2, -0.15) is 0 Å². The van der Waals surface area contributed by atoms with Crippen molar-refractivity contribution < 1.29 is 18.9 Å². The largest absolute Gasteiger partial charge is 0.454 e. The summed E-state index contributed by atoms with van der Waals surface area (Å²) in [7, 11) is 8.14. The Labute approximate surface area is 393 Å². The first-order valence-electron chi connectivity index (χ1n) is 20.0. The molecular weight excluding hydrogens is 985 g/mol. The number of aryl methyl sites for hydroxylation is 4. The maximum atomic E-state index is 8.20. The van der Waals surface area contributed by atoms with E-state index in [0.717, 1.165) is 59.6 Å². The number of hydrogen-bond donors (Lipinski definition) is 3. The van der Waals surface area contributed by atoms with E-state index >= 15 is 0 Å². The van der Waals surface area contributed by atoms with Gasteiger partial charge in [-0.3, -0.25) is 5.41 Å². The van der Waals surface area contributed by atoms with E-state index in [1.807, 2.05) is 57.0 Å². The minimum absolute atomic E-state index is 0.177. The number of nitrogens with zero attached hydrogens (tertiary/aromatic N) is 9. The minimum atomic E-state index is 0.177. The standard InChI is InChI=1S/2C22H21BrN6O2S/c1-28(2)14-5-3-13(4-6-14)7-8-29-11-25-20(24)19-21(29)27-22(26-19)32-18-10-17-16(9-15(18)23)30-12-31-17;1-28(2)14-5-3-13(4-6-14)7-8-29-21-19(20(24)25-11-26-21)27-22(29)32-18-10-17-16(9-15(18)23)30-12-31-17/h3-6,9-11,24H,7-8,12H2,1-2H3,(H,26,27);3-6,9-11H,7-8,12H2,1-2H3,(H2,24,25,26). The summed E-state index contributed by atoms with van der Waals surface area (Å²) in [5, 5.41) is 9.67. The number of H-pyrrole nitrogens is 1. The van der Waals surface area contributed by atoms with Gasteiger partial charge < -0.3 is 48.6 Å². The second kappa shape index (κ2) is 18.6. The minimum Gasteiger partial charge on any atom is -0.454 e. The lowest BCUT2D eigenvalue weighted by atomic mass is 10.1. The number of hydrogen-bond acceptors (Lipinski definition) is 15. The summed E-state index contributed by atoms with van der Waals surface area (Å²) < 4.78 is 27.8. The van der Waals surface area contributed by atoms with Crippen LogP contribution < -0.4 is 40.0 Å². The highest BCUT2D eigenvalue weighted by Gasteiger charge is 2.22. The Morgan fingerprint density at radius 1 is 0.703 bits per heavy atom. The van der Waals surface area contributed by atoms with E-state index in [1.165, 1.54) is 52.4 Å². The number of aromatic amines is 1. The molecule has 0 unspecified atom stereocenters. The number of nitrogen functional groups attached to an aromatic ring is 1. The Kier molecular flexibility index (Phi) is 12.6. The van der Waals surface area contributed by atoms with Gasteiger partial charge in [-0.15, -0.1) is 0 Å². The lowest BCUT2D eigenvalue weighted by Gasteiger charge is -2.13. The molecule has 0 spiro atoms. The zero-order valence-corrected chi connectivity index (χ0v) is 39.9. The molecule has 2 aliphatic rings. The molecule has 0 aliphatic carbocycles. The van der Waals surface area contributed by atoms with E-state index in [4.69, 9.17) is 40.1 Å². The van der Waals surface area contributed by atoms with Crippen molar-refractivity contribution in [3.63, 3.8) is 0 Å². The number of benzene rings is 4. The fraction of sp³-hybridized carbons (Fsp3) is 0.227. The quantitative estimate of drug-likeness (QED) is 0.106. The molecule has 0 atom stereocenters. The van der Waals surface area contributed by atoms with Gasteiger partial charge in [0.2, 0.25) is 13.6 Å². The summed E-state index contributed by atoms with van der Waals surface area (Å²) >= 11 is 10.2. The summed E-state index contributed by atoms with van der Waals surface area (Å²) in [5.74, 6) is 3.25. The lowest BCUT2D eigenvalue weighted by Crippen LogP contribution is -2.13. The van der Waals surface area contributed by atoms with Crippen molar-refractivity contribution in [2.75, 3.05) is 57.3 Å². The van der Waals surface area contributed by atoms with Crippen LogP contribution in [0, 0.1) is 5.41 Å². The van der Waals surface area contributed by atoms with E-state index in [9.17, 15) is 0 Å². The van der Waals surface area contributed by atoms with Gasteiger partial charge in [0.05, 0.1) is 6.33 Å². The molecule has 0 saturated carbocycles. The van der Waals surface area contributed by atoms with Crippen molar-refractivity contribution in [2.45, 2.75) is 46.0 Å². The van der Waals surface area contributed by atoms with Gasteiger partial charge in [0.15, 0.2) is 61.4 Å². The second-order valence-corrected chi connectivity index (χ2v) is 18.9. The van der Waals surface area contributed by atoms with E-state index in [0.29, 0.717) is 46.5 Å². The van der Waals surface area contributed by atoms with Crippen LogP contribution in [0.2, 0.25) is 0 Å². The van der Waals surface area contributed by atoms with Crippen LogP contribution in [0.5, 0.6) is 23.0 Å². The molecule has 328 valence electrons. The fourth-order valence-corrected chi connectivity index (χ4v) is 9.85. The number of rotatable bonds is 12. The Morgan fingerprint density at radius 3 is 1.83 bits per heavy atom. The highest BCUT2D eigenvalue weighted by atomic mass is 79.9. The Morgan fingerprint density at radius 2 is 1.25 bits per heavy atom. The predicted octanol–water partition coefficient (Wildman–Crippen LogP) is 8.55. The highest BCUT2D eigenvalue weighted by Crippen LogP contribution is 2.44. The molecule has 2 aliphatic heterocycles. The monoisotopic (exact) mass is 1020 g/mol. The molecule has 0 bridgehead atoms. The lowest BCUT2D eigenvalue weighted by molar-refractivity contribution is 0.173. The summed E-state index contributed by atoms with van der Waals surface area (Å²) in [6, 6.07) is 24.8. The third-order valence-corrected chi connectivity index (χ3v) is 14.3. The number of nitrogens with one attached hydrogen (secondary N) is 2. The number of anilines is 3. The maximum Gasteiger partial charge on any atom is 0.231 e. The van der Waals surface area contributed by atoms with Gasteiger partial charge in [0.1, 0.15) is 11.8 Å². The number of fused-ring (bicyclic) bond motifs is 4. The summed E-state index contributed by atoms with van der Waals surface area (Å²) in [5.41, 5.74) is 13.8. The summed E-state index contributed by atoms with van der Waals surface area (Å²) in [4.78, 5) is 31.7. The molecule has 0 radical (unpaired) electrons. The molecule has 16 nitrogen and oxygen atoms in total. The molecule has 0 saturated heterocycles. The van der Waals surface area contributed by atoms with Crippen molar-refractivity contribution in [3.05, 3.63) is 111 Å². The van der Waals surface area contributed by atoms with Crippen molar-refractivity contribution in [3.8, 4) is 23.0 Å². The average molecular weight is 1030 g/mol. The van der Waals surface area contributed by atoms with Crippen molar-refractivity contribution in [1.29, 1.82) is 5.41 Å². The van der Waals surface area contributed by atoms with Crippen LogP contribution >= 0.6 is 55.4 Å². The Balaban J connectivity index is 0.000000162. The molecule has 4 N–H and O–H groups in total. The van der Waals surface area contributed by atoms with E-state index in [2.05, 4.69) is 115 Å². The molecule has 10 rings (SSSR count). The maximum absolute atomic E-state index is 8.20. The van der Waals surface area contributed by atoms with Crippen LogP contribution in [0.25, 0.3) is 22.3 Å². The molecule has 0 amide bonds. The summed E-state index contributed by atoms with van der Waals surface area (Å²) in [6.45, 7) is 1.88. The van der Waals surface area contributed by atoms with Gasteiger partial charge in [-0.05, 0) is 104 Å². The zero-order chi connectivity index (χ0) is 44.5. The van der Waals surface area contributed by atoms with Gasteiger partial charge in [0.25, 0.3) is 0 Å². The molecule has 4 aromatic carbocycles. The number of aromatic nitrogens is 8. The fourth-order valence-electron chi connectivity index (χ4n) is 6.96. The van der Waals surface area contributed by atoms with Crippen molar-refractivity contribution in [2.24, 2.45) is 0 Å². The SMILES string of the molecule is CN(C)c1ccc(CCn2c(Sc3cc4c(cc3Br)OCO4)nc3c(N)ncnc32)cc1.CN(C)c1ccc(CCn2cnc(=N)c3[nH]c(Sc4cc5c(cc4Br)OCO5)nc32)cc1. The van der Waals surface area contributed by atoms with Crippen LogP contribution in [-0.2, 0) is 25.9 Å². The van der Waals surface area contributed by atoms with Crippen molar-refractivity contribution in [1.82, 2.24) is 39.0 Å². The molecule has 8 aromatic rings. The molecule has 6 heterocycles. The zero-order valence-electron chi connectivity index (χ0n) is 35.1. The van der Waals surface area contributed by atoms with Crippen LogP contribution in [-0.4, -0.2) is 80.8 Å². The Bertz CT molecular complexity index is 3050. The van der Waals surface area contributed by atoms with Gasteiger partial charge in [0, 0.05) is 71.4 Å². The Hall–Kier alpha value is -5.96. The first-order chi connectivity index (χ1) is 31.0. The van der Waals surface area contributed by atoms with Crippen LogP contribution in [0.1, 0.15) is 11.1 Å². The number of nitrogens with two attached hydrogens (primary N) is 1. The highest BCUT2D eigenvalue weighted by molar-refractivity contribution is 9.10. The predicted molar refractivity (Wildman–Crippen MR) is 255 cm³/mol. The molecule has 0 fully saturated rings. The second-order valence-electron chi connectivity index (χ2n) is 15.1. The van der Waals surface area contributed by atoms with Gasteiger partial charge in [-0.1, -0.05) is 47.8 Å². The molecular formula is C44H42Br2N12O4S2. The van der Waals surface area contributed by atoms with E-state index < -0.39 is 0 Å². The van der Waals surface area contributed by atoms with Crippen LogP contribution in [0.3, 0.4) is 0 Å². The number of ether oxygens (including phenoxy) is 4. The molecule has 20 heteroatoms. The first-order valence-corrected chi connectivity index (χ1v) is 23.2. The first kappa shape index (κ1) is 43.3.